The van der Waals surface area contributed by atoms with Crippen molar-refractivity contribution in [1.29, 1.82) is 0 Å². The summed E-state index contributed by atoms with van der Waals surface area (Å²) in [4.78, 5) is 4.07. The van der Waals surface area contributed by atoms with Gasteiger partial charge in [-0.1, -0.05) is 11.2 Å². The average molecular weight is 238 g/mol. The van der Waals surface area contributed by atoms with E-state index in [2.05, 4.69) is 15.5 Å². The van der Waals surface area contributed by atoms with E-state index in [9.17, 15) is 0 Å². The molecule has 94 valence electrons. The molecule has 0 fully saturated rings. The molecular formula is C11H18N4O2. The highest BCUT2D eigenvalue weighted by Gasteiger charge is 2.07. The minimum absolute atomic E-state index is 0.0118. The van der Waals surface area contributed by atoms with Gasteiger partial charge in [0, 0.05) is 19.3 Å². The highest BCUT2D eigenvalue weighted by Crippen LogP contribution is 2.04. The quantitative estimate of drug-likeness (QED) is 0.176. The average Bonchev–Trinajstić information content (AvgIpc) is 2.38. The maximum atomic E-state index is 8.63. The number of hydrogen-bond donors (Lipinski definition) is 4. The van der Waals surface area contributed by atoms with Crippen LogP contribution in [0.15, 0.2) is 23.5 Å². The fraction of sp³-hybridized carbons (Fsp3) is 0.455. The summed E-state index contributed by atoms with van der Waals surface area (Å²) in [6.07, 6.45) is 3.30. The van der Waals surface area contributed by atoms with Crippen molar-refractivity contribution < 1.29 is 10.3 Å². The third-order valence-corrected chi connectivity index (χ3v) is 2.32. The van der Waals surface area contributed by atoms with Crippen molar-refractivity contribution in [3.63, 3.8) is 0 Å². The number of aromatic nitrogens is 1. The molecular weight excluding hydrogens is 220 g/mol. The second kappa shape index (κ2) is 7.59. The minimum Gasteiger partial charge on any atom is -0.409 e. The predicted octanol–water partition coefficient (Wildman–Crippen LogP) is 0.0382. The fourth-order valence-corrected chi connectivity index (χ4v) is 1.44. The van der Waals surface area contributed by atoms with Gasteiger partial charge in [0.15, 0.2) is 5.84 Å². The second-order valence-electron chi connectivity index (χ2n) is 3.60. The van der Waals surface area contributed by atoms with E-state index >= 15 is 0 Å². The zero-order valence-electron chi connectivity index (χ0n) is 9.63. The zero-order valence-corrected chi connectivity index (χ0v) is 9.63. The molecule has 1 heterocycles. The summed E-state index contributed by atoms with van der Waals surface area (Å²) in [6.45, 7) is 1.62. The number of amidine groups is 1. The number of oxime groups is 1. The number of aliphatic hydroxyl groups is 1. The maximum Gasteiger partial charge on any atom is 0.189 e. The molecule has 0 amide bonds. The molecule has 0 aliphatic rings. The number of pyridine rings is 1. The lowest BCUT2D eigenvalue weighted by molar-refractivity contribution is 0.283. The Labute approximate surface area is 100 Å². The van der Waals surface area contributed by atoms with Crippen LogP contribution in [-0.2, 0) is 6.54 Å². The molecule has 6 nitrogen and oxygen atoms in total. The summed E-state index contributed by atoms with van der Waals surface area (Å²) in [5.41, 5.74) is 6.90. The van der Waals surface area contributed by atoms with Gasteiger partial charge in [-0.25, -0.2) is 0 Å². The van der Waals surface area contributed by atoms with Crippen LogP contribution in [0, 0.1) is 0 Å². The molecule has 5 N–H and O–H groups in total. The van der Waals surface area contributed by atoms with Crippen LogP contribution in [0.5, 0.6) is 0 Å². The van der Waals surface area contributed by atoms with E-state index < -0.39 is 0 Å². The van der Waals surface area contributed by atoms with Crippen LogP contribution in [0.25, 0.3) is 0 Å². The number of nitrogens with zero attached hydrogens (tertiary/aromatic N) is 2. The Morgan fingerprint density at radius 3 is 3.00 bits per heavy atom. The summed E-state index contributed by atoms with van der Waals surface area (Å²) in [7, 11) is 0. The third-order valence-electron chi connectivity index (χ3n) is 2.32. The van der Waals surface area contributed by atoms with Gasteiger partial charge in [0.2, 0.25) is 0 Å². The van der Waals surface area contributed by atoms with E-state index in [1.165, 1.54) is 0 Å². The summed E-state index contributed by atoms with van der Waals surface area (Å²) in [6, 6.07) is 3.68. The SMILES string of the molecule is N/C(=N/O)c1ncccc1CNCCCCO. The van der Waals surface area contributed by atoms with Gasteiger partial charge in [-0.2, -0.15) is 0 Å². The largest absolute Gasteiger partial charge is 0.409 e. The number of hydrogen-bond acceptors (Lipinski definition) is 5. The van der Waals surface area contributed by atoms with Crippen molar-refractivity contribution in [2.24, 2.45) is 10.9 Å². The number of rotatable bonds is 7. The van der Waals surface area contributed by atoms with Crippen LogP contribution >= 0.6 is 0 Å². The molecule has 17 heavy (non-hydrogen) atoms. The first-order valence-electron chi connectivity index (χ1n) is 5.53. The Morgan fingerprint density at radius 2 is 2.29 bits per heavy atom. The molecule has 1 aromatic heterocycles. The van der Waals surface area contributed by atoms with Crippen molar-refractivity contribution in [2.45, 2.75) is 19.4 Å². The Morgan fingerprint density at radius 1 is 1.47 bits per heavy atom. The zero-order chi connectivity index (χ0) is 12.5. The summed E-state index contributed by atoms with van der Waals surface area (Å²) in [5, 5.41) is 23.4. The molecule has 0 radical (unpaired) electrons. The molecule has 0 spiro atoms. The van der Waals surface area contributed by atoms with E-state index in [0.717, 1.165) is 24.9 Å². The summed E-state index contributed by atoms with van der Waals surface area (Å²) in [5.74, 6) is 0.0118. The van der Waals surface area contributed by atoms with Crippen molar-refractivity contribution in [3.05, 3.63) is 29.6 Å². The van der Waals surface area contributed by atoms with Crippen LogP contribution in [0.2, 0.25) is 0 Å². The van der Waals surface area contributed by atoms with Gasteiger partial charge in [-0.3, -0.25) is 4.98 Å². The molecule has 0 saturated carbocycles. The molecule has 0 saturated heterocycles. The lowest BCUT2D eigenvalue weighted by Gasteiger charge is -2.08. The molecule has 1 rings (SSSR count). The predicted molar refractivity (Wildman–Crippen MR) is 64.8 cm³/mol. The van der Waals surface area contributed by atoms with E-state index in [4.69, 9.17) is 16.0 Å². The monoisotopic (exact) mass is 238 g/mol. The molecule has 0 atom stereocenters. The first-order chi connectivity index (χ1) is 8.29. The van der Waals surface area contributed by atoms with Crippen LogP contribution in [0.3, 0.4) is 0 Å². The van der Waals surface area contributed by atoms with Crippen molar-refractivity contribution in [3.8, 4) is 0 Å². The van der Waals surface area contributed by atoms with Crippen molar-refractivity contribution in [1.82, 2.24) is 10.3 Å². The van der Waals surface area contributed by atoms with Gasteiger partial charge in [0.1, 0.15) is 5.69 Å². The Bertz CT molecular complexity index is 368. The molecule has 0 unspecified atom stereocenters. The number of nitrogens with two attached hydrogens (primary N) is 1. The van der Waals surface area contributed by atoms with Crippen molar-refractivity contribution >= 4 is 5.84 Å². The van der Waals surface area contributed by atoms with Gasteiger partial charge in [-0.05, 0) is 31.0 Å². The molecule has 1 aromatic rings. The van der Waals surface area contributed by atoms with E-state index in [-0.39, 0.29) is 12.4 Å². The molecule has 0 aliphatic carbocycles. The molecule has 0 aliphatic heterocycles. The highest BCUT2D eigenvalue weighted by atomic mass is 16.4. The standard InChI is InChI=1S/C11H18N4O2/c12-11(15-17)10-9(4-3-6-14-10)8-13-5-1-2-7-16/h3-4,6,13,16-17H,1-2,5,7-8H2,(H2,12,15). The highest BCUT2D eigenvalue weighted by molar-refractivity contribution is 5.96. The van der Waals surface area contributed by atoms with E-state index in [1.54, 1.807) is 12.3 Å². The minimum atomic E-state index is 0.0118. The number of aliphatic hydroxyl groups excluding tert-OH is 1. The number of unbranched alkanes of at least 4 members (excludes halogenated alkanes) is 1. The van der Waals surface area contributed by atoms with Gasteiger partial charge in [0.25, 0.3) is 0 Å². The lowest BCUT2D eigenvalue weighted by Crippen LogP contribution is -2.22. The smallest absolute Gasteiger partial charge is 0.189 e. The van der Waals surface area contributed by atoms with E-state index in [1.807, 2.05) is 6.07 Å². The summed E-state index contributed by atoms with van der Waals surface area (Å²) < 4.78 is 0. The van der Waals surface area contributed by atoms with E-state index in [0.29, 0.717) is 12.2 Å². The van der Waals surface area contributed by atoms with Gasteiger partial charge < -0.3 is 21.4 Å². The van der Waals surface area contributed by atoms with Gasteiger partial charge in [0.05, 0.1) is 0 Å². The topological polar surface area (TPSA) is 104 Å². The normalized spacial score (nSPS) is 11.7. The molecule has 0 bridgehead atoms. The van der Waals surface area contributed by atoms with Crippen LogP contribution in [0.1, 0.15) is 24.1 Å². The first-order valence-corrected chi connectivity index (χ1v) is 5.53. The van der Waals surface area contributed by atoms with Crippen LogP contribution in [-0.4, -0.2) is 34.3 Å². The van der Waals surface area contributed by atoms with Gasteiger partial charge in [-0.15, -0.1) is 0 Å². The van der Waals surface area contributed by atoms with Gasteiger partial charge >= 0.3 is 0 Å². The summed E-state index contributed by atoms with van der Waals surface area (Å²) >= 11 is 0. The fourth-order valence-electron chi connectivity index (χ4n) is 1.44. The second-order valence-corrected chi connectivity index (χ2v) is 3.60. The Kier molecular flexibility index (Phi) is 5.98. The first kappa shape index (κ1) is 13.4. The number of nitrogens with one attached hydrogen (secondary N) is 1. The van der Waals surface area contributed by atoms with Crippen LogP contribution in [0.4, 0.5) is 0 Å². The van der Waals surface area contributed by atoms with Crippen LogP contribution < -0.4 is 11.1 Å². The third kappa shape index (κ3) is 4.38. The Balaban J connectivity index is 2.53. The Hall–Kier alpha value is -1.66. The van der Waals surface area contributed by atoms with Crippen molar-refractivity contribution in [2.75, 3.05) is 13.2 Å². The maximum absolute atomic E-state index is 8.63. The molecule has 6 heteroatoms. The lowest BCUT2D eigenvalue weighted by atomic mass is 10.2. The molecule has 0 aromatic carbocycles.